The molecule has 0 saturated heterocycles. The van der Waals surface area contributed by atoms with Crippen molar-refractivity contribution < 1.29 is 4.42 Å². The maximum Gasteiger partial charge on any atom is 0.247 e. The van der Waals surface area contributed by atoms with Crippen LogP contribution in [0.15, 0.2) is 47.1 Å². The summed E-state index contributed by atoms with van der Waals surface area (Å²) in [6, 6.07) is 9.78. The van der Waals surface area contributed by atoms with Gasteiger partial charge in [0, 0.05) is 30.9 Å². The van der Waals surface area contributed by atoms with E-state index in [-0.39, 0.29) is 0 Å². The molecule has 0 unspecified atom stereocenters. The highest BCUT2D eigenvalue weighted by atomic mass is 16.4. The highest BCUT2D eigenvalue weighted by Gasteiger charge is 2.11. The second-order valence-electron chi connectivity index (χ2n) is 5.06. The molecule has 0 spiro atoms. The van der Waals surface area contributed by atoms with Crippen LogP contribution in [0.2, 0.25) is 0 Å². The van der Waals surface area contributed by atoms with Gasteiger partial charge in [-0.1, -0.05) is 18.2 Å². The minimum absolute atomic E-state index is 0.556. The van der Waals surface area contributed by atoms with E-state index in [1.54, 1.807) is 4.68 Å². The largest absolute Gasteiger partial charge is 0.419 e. The molecule has 3 aromatic rings. The molecule has 0 N–H and O–H groups in total. The van der Waals surface area contributed by atoms with Crippen LogP contribution in [0.3, 0.4) is 0 Å². The summed E-state index contributed by atoms with van der Waals surface area (Å²) in [4.78, 5) is 2.11. The van der Waals surface area contributed by atoms with E-state index in [9.17, 15) is 0 Å². The predicted octanol–water partition coefficient (Wildman–Crippen LogP) is 2.10. The Bertz CT molecular complexity index is 704. The van der Waals surface area contributed by atoms with Crippen molar-refractivity contribution in [1.82, 2.24) is 24.9 Å². The molecule has 3 rings (SSSR count). The van der Waals surface area contributed by atoms with Crippen molar-refractivity contribution in [1.29, 1.82) is 0 Å². The van der Waals surface area contributed by atoms with Gasteiger partial charge in [-0.25, -0.2) is 0 Å². The quantitative estimate of drug-likeness (QED) is 0.717. The van der Waals surface area contributed by atoms with Gasteiger partial charge in [0.1, 0.15) is 0 Å². The highest BCUT2D eigenvalue weighted by molar-refractivity contribution is 5.51. The van der Waals surface area contributed by atoms with Crippen LogP contribution in [0.5, 0.6) is 0 Å². The first-order valence-corrected chi connectivity index (χ1v) is 6.74. The van der Waals surface area contributed by atoms with Crippen LogP contribution < -0.4 is 0 Å². The van der Waals surface area contributed by atoms with Crippen molar-refractivity contribution in [2.24, 2.45) is 7.05 Å². The van der Waals surface area contributed by atoms with E-state index in [0.29, 0.717) is 18.3 Å². The average molecular weight is 283 g/mol. The topological polar surface area (TPSA) is 60.0 Å². The Hall–Kier alpha value is -2.47. The Labute approximate surface area is 123 Å². The van der Waals surface area contributed by atoms with Crippen LogP contribution in [0.25, 0.3) is 11.5 Å². The SMILES string of the molecule is CN(Cc1cnn(C)c1)Cc1nnc(-c2ccccc2)o1. The number of aromatic nitrogens is 4. The molecule has 108 valence electrons. The van der Waals surface area contributed by atoms with E-state index in [0.717, 1.165) is 17.7 Å². The summed E-state index contributed by atoms with van der Waals surface area (Å²) in [6.45, 7) is 1.39. The Morgan fingerprint density at radius 3 is 2.67 bits per heavy atom. The summed E-state index contributed by atoms with van der Waals surface area (Å²) in [6.07, 6.45) is 3.86. The third-order valence-corrected chi connectivity index (χ3v) is 3.10. The van der Waals surface area contributed by atoms with Crippen LogP contribution in [0.1, 0.15) is 11.5 Å². The number of aryl methyl sites for hydroxylation is 1. The molecule has 0 bridgehead atoms. The van der Waals surface area contributed by atoms with Crippen molar-refractivity contribution >= 4 is 0 Å². The molecule has 0 saturated carbocycles. The van der Waals surface area contributed by atoms with Gasteiger partial charge in [0.25, 0.3) is 0 Å². The molecule has 0 fully saturated rings. The van der Waals surface area contributed by atoms with E-state index < -0.39 is 0 Å². The smallest absolute Gasteiger partial charge is 0.247 e. The third-order valence-electron chi connectivity index (χ3n) is 3.10. The van der Waals surface area contributed by atoms with Crippen LogP contribution in [0.4, 0.5) is 0 Å². The fourth-order valence-corrected chi connectivity index (χ4v) is 2.17. The zero-order valence-electron chi connectivity index (χ0n) is 12.1. The normalized spacial score (nSPS) is 11.2. The van der Waals surface area contributed by atoms with Gasteiger partial charge >= 0.3 is 0 Å². The number of hydrogen-bond acceptors (Lipinski definition) is 5. The summed E-state index contributed by atoms with van der Waals surface area (Å²) in [5, 5.41) is 12.4. The van der Waals surface area contributed by atoms with Crippen molar-refractivity contribution in [3.05, 3.63) is 54.2 Å². The van der Waals surface area contributed by atoms with E-state index >= 15 is 0 Å². The molecule has 0 radical (unpaired) electrons. The fraction of sp³-hybridized carbons (Fsp3) is 0.267. The molecule has 0 aliphatic heterocycles. The van der Waals surface area contributed by atoms with E-state index in [1.807, 2.05) is 56.8 Å². The average Bonchev–Trinajstić information content (AvgIpc) is 3.09. The van der Waals surface area contributed by atoms with Crippen LogP contribution in [0, 0.1) is 0 Å². The Balaban J connectivity index is 1.64. The third kappa shape index (κ3) is 3.35. The summed E-state index contributed by atoms with van der Waals surface area (Å²) in [7, 11) is 3.92. The summed E-state index contributed by atoms with van der Waals surface area (Å²) in [5.41, 5.74) is 2.09. The Morgan fingerprint density at radius 1 is 1.14 bits per heavy atom. The molecule has 0 amide bonds. The molecule has 0 aliphatic carbocycles. The molecule has 21 heavy (non-hydrogen) atoms. The zero-order chi connectivity index (χ0) is 14.7. The Morgan fingerprint density at radius 2 is 1.95 bits per heavy atom. The zero-order valence-corrected chi connectivity index (χ0v) is 12.1. The van der Waals surface area contributed by atoms with Gasteiger partial charge in [-0.3, -0.25) is 9.58 Å². The first kappa shape index (κ1) is 13.5. The second kappa shape index (κ2) is 5.88. The van der Waals surface area contributed by atoms with Gasteiger partial charge in [-0.15, -0.1) is 10.2 Å². The van der Waals surface area contributed by atoms with Crippen molar-refractivity contribution in [3.63, 3.8) is 0 Å². The summed E-state index contributed by atoms with van der Waals surface area (Å²) in [5.74, 6) is 1.17. The second-order valence-corrected chi connectivity index (χ2v) is 5.06. The molecule has 2 heterocycles. The molecule has 0 atom stereocenters. The number of benzene rings is 1. The van der Waals surface area contributed by atoms with E-state index in [2.05, 4.69) is 20.2 Å². The summed E-state index contributed by atoms with van der Waals surface area (Å²) >= 11 is 0. The lowest BCUT2D eigenvalue weighted by molar-refractivity contribution is 0.283. The van der Waals surface area contributed by atoms with Gasteiger partial charge in [0.05, 0.1) is 12.7 Å². The van der Waals surface area contributed by atoms with Crippen molar-refractivity contribution in [3.8, 4) is 11.5 Å². The highest BCUT2D eigenvalue weighted by Crippen LogP contribution is 2.17. The molecular formula is C15H17N5O. The fourth-order valence-electron chi connectivity index (χ4n) is 2.17. The minimum atomic E-state index is 0.556. The van der Waals surface area contributed by atoms with Gasteiger partial charge in [-0.05, 0) is 19.2 Å². The minimum Gasteiger partial charge on any atom is -0.419 e. The molecule has 2 aromatic heterocycles. The first-order chi connectivity index (χ1) is 10.2. The number of nitrogens with zero attached hydrogens (tertiary/aromatic N) is 5. The monoisotopic (exact) mass is 283 g/mol. The van der Waals surface area contributed by atoms with Gasteiger partial charge in [0.2, 0.25) is 11.8 Å². The maximum absolute atomic E-state index is 5.70. The van der Waals surface area contributed by atoms with Crippen LogP contribution in [-0.4, -0.2) is 31.9 Å². The van der Waals surface area contributed by atoms with Crippen molar-refractivity contribution in [2.75, 3.05) is 7.05 Å². The van der Waals surface area contributed by atoms with Crippen molar-refractivity contribution in [2.45, 2.75) is 13.1 Å². The number of hydrogen-bond donors (Lipinski definition) is 0. The molecular weight excluding hydrogens is 266 g/mol. The maximum atomic E-state index is 5.70. The lowest BCUT2D eigenvalue weighted by Gasteiger charge is -2.12. The van der Waals surface area contributed by atoms with Crippen LogP contribution in [-0.2, 0) is 20.1 Å². The van der Waals surface area contributed by atoms with Gasteiger partial charge in [0.15, 0.2) is 0 Å². The lowest BCUT2D eigenvalue weighted by Crippen LogP contribution is -2.17. The summed E-state index contributed by atoms with van der Waals surface area (Å²) < 4.78 is 7.49. The number of rotatable bonds is 5. The molecule has 6 heteroatoms. The van der Waals surface area contributed by atoms with E-state index in [1.165, 1.54) is 0 Å². The standard InChI is InChI=1S/C15H17N5O/c1-19(9-12-8-16-20(2)10-12)11-14-17-18-15(21-14)13-6-4-3-5-7-13/h3-8,10H,9,11H2,1-2H3. The first-order valence-electron chi connectivity index (χ1n) is 6.74. The lowest BCUT2D eigenvalue weighted by atomic mass is 10.2. The van der Waals surface area contributed by atoms with Crippen LogP contribution >= 0.6 is 0 Å². The molecule has 6 nitrogen and oxygen atoms in total. The molecule has 0 aliphatic rings. The van der Waals surface area contributed by atoms with Gasteiger partial charge in [-0.2, -0.15) is 5.10 Å². The molecule has 1 aromatic carbocycles. The Kier molecular flexibility index (Phi) is 3.79. The van der Waals surface area contributed by atoms with Gasteiger partial charge < -0.3 is 4.42 Å². The predicted molar refractivity (Wildman–Crippen MR) is 78.1 cm³/mol. The van der Waals surface area contributed by atoms with E-state index in [4.69, 9.17) is 4.42 Å².